The number of nitrogens with zero attached hydrogens (tertiary/aromatic N) is 2. The molecular weight excluding hydrogens is 234 g/mol. The van der Waals surface area contributed by atoms with Gasteiger partial charge in [0, 0.05) is 26.3 Å². The highest BCUT2D eigenvalue weighted by Gasteiger charge is 2.04. The Morgan fingerprint density at radius 2 is 1.74 bits per heavy atom. The number of benzene rings is 1. The molecule has 100 valence electrons. The van der Waals surface area contributed by atoms with Gasteiger partial charge in [0.2, 0.25) is 0 Å². The molecule has 0 aliphatic rings. The van der Waals surface area contributed by atoms with Crippen molar-refractivity contribution in [3.63, 3.8) is 0 Å². The summed E-state index contributed by atoms with van der Waals surface area (Å²) in [5.41, 5.74) is 9.43. The summed E-state index contributed by atoms with van der Waals surface area (Å²) in [5, 5.41) is 0. The molecule has 2 N–H and O–H groups in total. The second-order valence-corrected chi connectivity index (χ2v) is 4.75. The molecule has 0 bridgehead atoms. The second kappa shape index (κ2) is 6.34. The summed E-state index contributed by atoms with van der Waals surface area (Å²) in [5.74, 6) is 0.961. The van der Waals surface area contributed by atoms with E-state index in [0.29, 0.717) is 6.54 Å². The fourth-order valence-electron chi connectivity index (χ4n) is 2.03. The van der Waals surface area contributed by atoms with Gasteiger partial charge in [-0.05, 0) is 35.2 Å². The molecule has 2 aromatic rings. The third kappa shape index (κ3) is 3.55. The van der Waals surface area contributed by atoms with Gasteiger partial charge in [0.05, 0.1) is 0 Å². The first-order valence-electron chi connectivity index (χ1n) is 6.67. The van der Waals surface area contributed by atoms with Crippen molar-refractivity contribution in [1.82, 2.24) is 4.98 Å². The summed E-state index contributed by atoms with van der Waals surface area (Å²) in [4.78, 5) is 6.53. The van der Waals surface area contributed by atoms with Gasteiger partial charge in [-0.2, -0.15) is 0 Å². The van der Waals surface area contributed by atoms with E-state index in [1.165, 1.54) is 11.1 Å². The maximum atomic E-state index is 5.66. The highest BCUT2D eigenvalue weighted by Crippen LogP contribution is 2.14. The minimum atomic E-state index is 0.550. The van der Waals surface area contributed by atoms with Crippen molar-refractivity contribution in [2.75, 3.05) is 11.9 Å². The highest BCUT2D eigenvalue weighted by atomic mass is 15.2. The molecule has 1 aromatic carbocycles. The van der Waals surface area contributed by atoms with Crippen LogP contribution in [0.2, 0.25) is 0 Å². The van der Waals surface area contributed by atoms with Gasteiger partial charge in [-0.15, -0.1) is 0 Å². The van der Waals surface area contributed by atoms with Gasteiger partial charge >= 0.3 is 0 Å². The van der Waals surface area contributed by atoms with E-state index in [-0.39, 0.29) is 0 Å². The SMILES string of the molecule is CCc1ccc(CN(C)c2cc(CN)ccn2)cc1. The Morgan fingerprint density at radius 3 is 2.37 bits per heavy atom. The molecular formula is C16H21N3. The lowest BCUT2D eigenvalue weighted by Crippen LogP contribution is -2.18. The zero-order chi connectivity index (χ0) is 13.7. The normalized spacial score (nSPS) is 10.5. The lowest BCUT2D eigenvalue weighted by atomic mass is 10.1. The van der Waals surface area contributed by atoms with E-state index in [1.807, 2.05) is 18.3 Å². The largest absolute Gasteiger partial charge is 0.355 e. The van der Waals surface area contributed by atoms with E-state index < -0.39 is 0 Å². The van der Waals surface area contributed by atoms with Crippen LogP contribution < -0.4 is 10.6 Å². The number of hydrogen-bond donors (Lipinski definition) is 1. The fourth-order valence-corrected chi connectivity index (χ4v) is 2.03. The van der Waals surface area contributed by atoms with Crippen molar-refractivity contribution >= 4 is 5.82 Å². The summed E-state index contributed by atoms with van der Waals surface area (Å²) < 4.78 is 0. The van der Waals surface area contributed by atoms with Crippen LogP contribution in [-0.4, -0.2) is 12.0 Å². The predicted molar refractivity (Wildman–Crippen MR) is 80.1 cm³/mol. The average molecular weight is 255 g/mol. The molecule has 0 amide bonds. The molecule has 0 aliphatic carbocycles. The molecule has 3 heteroatoms. The zero-order valence-electron chi connectivity index (χ0n) is 11.6. The summed E-state index contributed by atoms with van der Waals surface area (Å²) in [6.07, 6.45) is 2.89. The number of anilines is 1. The summed E-state index contributed by atoms with van der Waals surface area (Å²) >= 11 is 0. The lowest BCUT2D eigenvalue weighted by Gasteiger charge is -2.19. The monoisotopic (exact) mass is 255 g/mol. The first kappa shape index (κ1) is 13.6. The zero-order valence-corrected chi connectivity index (χ0v) is 11.6. The van der Waals surface area contributed by atoms with E-state index in [9.17, 15) is 0 Å². The maximum absolute atomic E-state index is 5.66. The molecule has 2 rings (SSSR count). The quantitative estimate of drug-likeness (QED) is 0.893. The first-order valence-corrected chi connectivity index (χ1v) is 6.67. The van der Waals surface area contributed by atoms with Crippen LogP contribution >= 0.6 is 0 Å². The lowest BCUT2D eigenvalue weighted by molar-refractivity contribution is 0.891. The maximum Gasteiger partial charge on any atom is 0.128 e. The molecule has 1 heterocycles. The molecule has 0 fully saturated rings. The second-order valence-electron chi connectivity index (χ2n) is 4.75. The van der Waals surface area contributed by atoms with E-state index in [2.05, 4.69) is 48.1 Å². The van der Waals surface area contributed by atoms with Crippen LogP contribution in [0.3, 0.4) is 0 Å². The van der Waals surface area contributed by atoms with Crippen molar-refractivity contribution in [3.05, 3.63) is 59.3 Å². The number of pyridine rings is 1. The van der Waals surface area contributed by atoms with Gasteiger partial charge in [0.25, 0.3) is 0 Å². The van der Waals surface area contributed by atoms with Crippen molar-refractivity contribution in [2.24, 2.45) is 5.73 Å². The van der Waals surface area contributed by atoms with Crippen LogP contribution in [0.5, 0.6) is 0 Å². The highest BCUT2D eigenvalue weighted by molar-refractivity contribution is 5.41. The Balaban J connectivity index is 2.08. The van der Waals surface area contributed by atoms with Crippen LogP contribution in [0.25, 0.3) is 0 Å². The minimum Gasteiger partial charge on any atom is -0.355 e. The van der Waals surface area contributed by atoms with Crippen molar-refractivity contribution < 1.29 is 0 Å². The smallest absolute Gasteiger partial charge is 0.128 e. The van der Waals surface area contributed by atoms with Gasteiger partial charge in [-0.25, -0.2) is 4.98 Å². The fraction of sp³-hybridized carbons (Fsp3) is 0.312. The standard InChI is InChI=1S/C16H21N3/c1-3-13-4-6-14(7-5-13)12-19(2)16-10-15(11-17)8-9-18-16/h4-10H,3,11-12,17H2,1-2H3. The van der Waals surface area contributed by atoms with Crippen molar-refractivity contribution in [2.45, 2.75) is 26.4 Å². The van der Waals surface area contributed by atoms with Crippen molar-refractivity contribution in [1.29, 1.82) is 0 Å². The molecule has 19 heavy (non-hydrogen) atoms. The topological polar surface area (TPSA) is 42.1 Å². The molecule has 3 nitrogen and oxygen atoms in total. The number of hydrogen-bond acceptors (Lipinski definition) is 3. The molecule has 0 aliphatic heterocycles. The van der Waals surface area contributed by atoms with Gasteiger partial charge in [0.1, 0.15) is 5.82 Å². The number of nitrogens with two attached hydrogens (primary N) is 1. The average Bonchev–Trinajstić information content (AvgIpc) is 2.48. The summed E-state index contributed by atoms with van der Waals surface area (Å²) in [7, 11) is 2.05. The Hall–Kier alpha value is -1.87. The minimum absolute atomic E-state index is 0.550. The van der Waals surface area contributed by atoms with Gasteiger partial charge in [0.15, 0.2) is 0 Å². The van der Waals surface area contributed by atoms with Crippen LogP contribution in [0.15, 0.2) is 42.6 Å². The van der Waals surface area contributed by atoms with Crippen LogP contribution in [-0.2, 0) is 19.5 Å². The Labute approximate surface area is 115 Å². The summed E-state index contributed by atoms with van der Waals surface area (Å²) in [6, 6.07) is 12.7. The molecule has 0 spiro atoms. The molecule has 0 atom stereocenters. The van der Waals surface area contributed by atoms with Crippen LogP contribution in [0, 0.1) is 0 Å². The van der Waals surface area contributed by atoms with Gasteiger partial charge in [-0.1, -0.05) is 31.2 Å². The first-order chi connectivity index (χ1) is 9.22. The molecule has 0 saturated heterocycles. The van der Waals surface area contributed by atoms with E-state index in [1.54, 1.807) is 0 Å². The molecule has 0 saturated carbocycles. The number of rotatable bonds is 5. The number of aryl methyl sites for hydroxylation is 1. The van der Waals surface area contributed by atoms with Crippen LogP contribution in [0.1, 0.15) is 23.6 Å². The Bertz CT molecular complexity index is 520. The molecule has 0 unspecified atom stereocenters. The Kier molecular flexibility index (Phi) is 4.53. The third-order valence-electron chi connectivity index (χ3n) is 3.29. The Morgan fingerprint density at radius 1 is 1.05 bits per heavy atom. The summed E-state index contributed by atoms with van der Waals surface area (Å²) in [6.45, 7) is 3.57. The van der Waals surface area contributed by atoms with E-state index in [0.717, 1.165) is 24.3 Å². The van der Waals surface area contributed by atoms with Crippen LogP contribution in [0.4, 0.5) is 5.82 Å². The van der Waals surface area contributed by atoms with E-state index >= 15 is 0 Å². The van der Waals surface area contributed by atoms with Crippen molar-refractivity contribution in [3.8, 4) is 0 Å². The molecule has 0 radical (unpaired) electrons. The van der Waals surface area contributed by atoms with Gasteiger partial charge in [-0.3, -0.25) is 0 Å². The molecule has 1 aromatic heterocycles. The van der Waals surface area contributed by atoms with Gasteiger partial charge < -0.3 is 10.6 Å². The predicted octanol–water partition coefficient (Wildman–Crippen LogP) is 2.74. The third-order valence-corrected chi connectivity index (χ3v) is 3.29. The number of aromatic nitrogens is 1. The van der Waals surface area contributed by atoms with E-state index in [4.69, 9.17) is 5.73 Å².